The Hall–Kier alpha value is -0.500. The molecule has 2 N–H and O–H groups in total. The van der Waals surface area contributed by atoms with Gasteiger partial charge in [0.05, 0.1) is 7.14 Å². The predicted octanol–water partition coefficient (Wildman–Crippen LogP) is 10.2. The first kappa shape index (κ1) is 27.1. The van der Waals surface area contributed by atoms with Crippen LogP contribution in [0, 0.1) is 39.6 Å². The van der Waals surface area contributed by atoms with E-state index in [0.717, 1.165) is 7.14 Å². The molecule has 8 bridgehead atoms. The molecule has 4 atom stereocenters. The highest BCUT2D eigenvalue weighted by atomic mass is 127. The minimum Gasteiger partial charge on any atom is -0.507 e. The van der Waals surface area contributed by atoms with Crippen LogP contribution in [0.1, 0.15) is 116 Å². The average molecular weight is 763 g/mol. The zero-order valence-corrected chi connectivity index (χ0v) is 28.9. The minimum atomic E-state index is 0.220. The van der Waals surface area contributed by atoms with Gasteiger partial charge in [0.1, 0.15) is 11.5 Å². The van der Waals surface area contributed by atoms with E-state index >= 15 is 0 Å². The van der Waals surface area contributed by atoms with Crippen molar-refractivity contribution in [2.24, 2.45) is 32.5 Å². The number of hydrogen-bond donors (Lipinski definition) is 2. The van der Waals surface area contributed by atoms with Crippen molar-refractivity contribution < 1.29 is 10.2 Å². The molecule has 40 heavy (non-hydrogen) atoms. The standard InChI is InChI=1S/C36H44I2O2/c1-29-11-30(2)14-33(13-29,23-5-7-27(39)25(37)9-23)21-35(17-29,18-30)36-19-31(3)12-32(4,20-36)16-34(15-31,22-36)24-6-8-28(40)26(38)10-24/h5-10,39-40H,11-22H2,1-4H3. The number of aromatic hydroxyl groups is 2. The lowest BCUT2D eigenvalue weighted by molar-refractivity contribution is -0.275. The Bertz CT molecular complexity index is 1310. The number of rotatable bonds is 3. The normalized spacial score (nSPS) is 50.0. The fourth-order valence-electron chi connectivity index (χ4n) is 14.8. The molecule has 8 aliphatic rings. The Morgan fingerprint density at radius 3 is 1.10 bits per heavy atom. The maximum Gasteiger partial charge on any atom is 0.128 e. The van der Waals surface area contributed by atoms with Crippen LogP contribution in [0.5, 0.6) is 11.5 Å². The summed E-state index contributed by atoms with van der Waals surface area (Å²) in [5.74, 6) is 0.849. The zero-order valence-electron chi connectivity index (χ0n) is 24.6. The molecule has 214 valence electrons. The molecule has 4 unspecified atom stereocenters. The van der Waals surface area contributed by atoms with Gasteiger partial charge in [0.2, 0.25) is 0 Å². The van der Waals surface area contributed by atoms with Crippen molar-refractivity contribution in [3.63, 3.8) is 0 Å². The van der Waals surface area contributed by atoms with Crippen LogP contribution < -0.4 is 0 Å². The van der Waals surface area contributed by atoms with E-state index in [0.29, 0.717) is 44.0 Å². The molecule has 2 aromatic rings. The van der Waals surface area contributed by atoms with Gasteiger partial charge >= 0.3 is 0 Å². The first-order valence-corrected chi connectivity index (χ1v) is 17.7. The van der Waals surface area contributed by atoms with E-state index < -0.39 is 0 Å². The molecule has 0 amide bonds. The van der Waals surface area contributed by atoms with Crippen molar-refractivity contribution in [2.75, 3.05) is 0 Å². The van der Waals surface area contributed by atoms with Gasteiger partial charge in [0, 0.05) is 0 Å². The summed E-state index contributed by atoms with van der Waals surface area (Å²) in [5, 5.41) is 20.9. The first-order chi connectivity index (χ1) is 18.6. The van der Waals surface area contributed by atoms with Crippen LogP contribution >= 0.6 is 45.2 Å². The summed E-state index contributed by atoms with van der Waals surface area (Å²) in [6, 6.07) is 13.2. The molecule has 0 spiro atoms. The van der Waals surface area contributed by atoms with Crippen molar-refractivity contribution in [3.05, 3.63) is 54.7 Å². The fourth-order valence-corrected chi connectivity index (χ4v) is 15.8. The van der Waals surface area contributed by atoms with Crippen LogP contribution in [0.3, 0.4) is 0 Å². The molecule has 8 aliphatic carbocycles. The van der Waals surface area contributed by atoms with Gasteiger partial charge in [-0.3, -0.25) is 0 Å². The summed E-state index contributed by atoms with van der Waals surface area (Å²) in [5.41, 5.74) is 5.73. The van der Waals surface area contributed by atoms with Crippen LogP contribution in [0.15, 0.2) is 36.4 Å². The van der Waals surface area contributed by atoms with E-state index in [4.69, 9.17) is 0 Å². The number of phenolic OH excluding ortho intramolecular Hbond substituents is 2. The molecular weight excluding hydrogens is 718 g/mol. The van der Waals surface area contributed by atoms with Gasteiger partial charge in [-0.1, -0.05) is 39.8 Å². The fraction of sp³-hybridized carbons (Fsp3) is 0.667. The lowest BCUT2D eigenvalue weighted by atomic mass is 9.24. The third-order valence-electron chi connectivity index (χ3n) is 13.4. The van der Waals surface area contributed by atoms with Crippen molar-refractivity contribution in [2.45, 2.75) is 116 Å². The summed E-state index contributed by atoms with van der Waals surface area (Å²) in [7, 11) is 0. The highest BCUT2D eigenvalue weighted by molar-refractivity contribution is 14.1. The molecule has 0 aromatic heterocycles. The molecule has 4 heteroatoms. The highest BCUT2D eigenvalue weighted by Crippen LogP contribution is 2.85. The van der Waals surface area contributed by atoms with Gasteiger partial charge in [-0.15, -0.1) is 0 Å². The maximum absolute atomic E-state index is 10.4. The second-order valence-electron chi connectivity index (χ2n) is 17.8. The molecule has 8 fully saturated rings. The third-order valence-corrected chi connectivity index (χ3v) is 15.2. The van der Waals surface area contributed by atoms with E-state index in [9.17, 15) is 10.2 Å². The van der Waals surface area contributed by atoms with Crippen molar-refractivity contribution >= 4 is 45.2 Å². The Balaban J connectivity index is 1.31. The van der Waals surface area contributed by atoms with Gasteiger partial charge in [0.15, 0.2) is 0 Å². The van der Waals surface area contributed by atoms with Crippen molar-refractivity contribution in [3.8, 4) is 11.5 Å². The molecule has 2 aromatic carbocycles. The minimum absolute atomic E-state index is 0.220. The van der Waals surface area contributed by atoms with Crippen molar-refractivity contribution in [1.82, 2.24) is 0 Å². The maximum atomic E-state index is 10.4. The topological polar surface area (TPSA) is 40.5 Å². The molecule has 0 saturated heterocycles. The highest BCUT2D eigenvalue weighted by Gasteiger charge is 2.76. The Labute approximate surface area is 267 Å². The summed E-state index contributed by atoms with van der Waals surface area (Å²) >= 11 is 4.68. The predicted molar refractivity (Wildman–Crippen MR) is 178 cm³/mol. The largest absolute Gasteiger partial charge is 0.507 e. The monoisotopic (exact) mass is 762 g/mol. The molecule has 0 aliphatic heterocycles. The van der Waals surface area contributed by atoms with Gasteiger partial charge < -0.3 is 10.2 Å². The Morgan fingerprint density at radius 2 is 0.800 bits per heavy atom. The van der Waals surface area contributed by atoms with Crippen molar-refractivity contribution in [1.29, 1.82) is 0 Å². The SMILES string of the molecule is CC12CC3(C)CC(c4ccc(O)c(I)c4)(C1)CC(C14CC5(C)CC(C)(CC(c6ccc(O)c(I)c6)(C5)C1)C4)(C2)C3. The van der Waals surface area contributed by atoms with Crippen LogP contribution in [0.25, 0.3) is 0 Å². The molecule has 10 rings (SSSR count). The number of benzene rings is 2. The number of phenols is 2. The summed E-state index contributed by atoms with van der Waals surface area (Å²) < 4.78 is 2.01. The lowest BCUT2D eigenvalue weighted by Crippen LogP contribution is -2.71. The van der Waals surface area contributed by atoms with E-state index in [2.05, 4.69) is 97.1 Å². The van der Waals surface area contributed by atoms with Gasteiger partial charge in [-0.2, -0.15) is 0 Å². The first-order valence-electron chi connectivity index (χ1n) is 15.5. The second kappa shape index (κ2) is 7.77. The van der Waals surface area contributed by atoms with Crippen LogP contribution in [-0.2, 0) is 10.8 Å². The molecular formula is C36H44I2O2. The smallest absolute Gasteiger partial charge is 0.128 e. The Kier molecular flexibility index (Phi) is 5.26. The second-order valence-corrected chi connectivity index (χ2v) is 20.1. The molecule has 2 nitrogen and oxygen atoms in total. The van der Waals surface area contributed by atoms with Crippen LogP contribution in [0.2, 0.25) is 0 Å². The lowest BCUT2D eigenvalue weighted by Gasteiger charge is -2.80. The van der Waals surface area contributed by atoms with Gasteiger partial charge in [0.25, 0.3) is 0 Å². The number of hydrogen-bond acceptors (Lipinski definition) is 2. The molecule has 0 heterocycles. The van der Waals surface area contributed by atoms with E-state index in [-0.39, 0.29) is 10.8 Å². The Morgan fingerprint density at radius 1 is 0.475 bits per heavy atom. The average Bonchev–Trinajstić information content (AvgIpc) is 2.78. The van der Waals surface area contributed by atoms with E-state index in [1.807, 2.05) is 12.1 Å². The molecule has 0 radical (unpaired) electrons. The quantitative estimate of drug-likeness (QED) is 0.306. The summed E-state index contributed by atoms with van der Waals surface area (Å²) in [4.78, 5) is 0. The van der Waals surface area contributed by atoms with Crippen LogP contribution in [0.4, 0.5) is 0 Å². The number of halogens is 2. The van der Waals surface area contributed by atoms with E-state index in [1.165, 1.54) is 88.2 Å². The molecule has 8 saturated carbocycles. The zero-order chi connectivity index (χ0) is 28.2. The van der Waals surface area contributed by atoms with E-state index in [1.54, 1.807) is 0 Å². The van der Waals surface area contributed by atoms with Gasteiger partial charge in [-0.05, 0) is 201 Å². The van der Waals surface area contributed by atoms with Gasteiger partial charge in [-0.25, -0.2) is 0 Å². The third kappa shape index (κ3) is 3.56. The van der Waals surface area contributed by atoms with Crippen LogP contribution in [-0.4, -0.2) is 10.2 Å². The summed E-state index contributed by atoms with van der Waals surface area (Å²) in [6.07, 6.45) is 16.3. The summed E-state index contributed by atoms with van der Waals surface area (Å²) in [6.45, 7) is 10.6.